The van der Waals surface area contributed by atoms with Gasteiger partial charge in [-0.2, -0.15) is 0 Å². The van der Waals surface area contributed by atoms with Gasteiger partial charge in [-0.3, -0.25) is 0 Å². The molecule has 3 nitrogen and oxygen atoms in total. The molecule has 2 aliphatic carbocycles. The van der Waals surface area contributed by atoms with Crippen LogP contribution in [-0.2, 0) is 11.8 Å². The average molecular weight is 300 g/mol. The molecule has 3 aliphatic rings. The van der Waals surface area contributed by atoms with E-state index in [1.807, 2.05) is 7.05 Å². The van der Waals surface area contributed by atoms with Gasteiger partial charge < -0.3 is 15.3 Å². The summed E-state index contributed by atoms with van der Waals surface area (Å²) in [6, 6.07) is 4.99. The number of benzene rings is 1. The molecule has 3 bridgehead atoms. The molecule has 1 aromatic carbocycles. The topological polar surface area (TPSA) is 35.5 Å². The first-order valence-electron chi connectivity index (χ1n) is 8.87. The number of nitrogens with zero attached hydrogens (tertiary/aromatic N) is 1. The van der Waals surface area contributed by atoms with Crippen molar-refractivity contribution < 1.29 is 5.11 Å². The Morgan fingerprint density at radius 2 is 2.14 bits per heavy atom. The predicted octanol–water partition coefficient (Wildman–Crippen LogP) is 3.51. The molecule has 3 heteroatoms. The molecule has 1 aromatic rings. The molecule has 1 saturated heterocycles. The van der Waals surface area contributed by atoms with Gasteiger partial charge in [0.25, 0.3) is 0 Å². The molecular weight excluding hydrogens is 272 g/mol. The number of fused-ring (bicyclic) bond motifs is 1. The molecule has 1 saturated carbocycles. The Hall–Kier alpha value is -1.22. The van der Waals surface area contributed by atoms with Gasteiger partial charge in [-0.05, 0) is 80.3 Å². The van der Waals surface area contributed by atoms with Gasteiger partial charge in [-0.1, -0.05) is 12.8 Å². The van der Waals surface area contributed by atoms with Gasteiger partial charge in [0.1, 0.15) is 5.75 Å². The summed E-state index contributed by atoms with van der Waals surface area (Å²) < 4.78 is 0. The van der Waals surface area contributed by atoms with Crippen LogP contribution in [0.1, 0.15) is 49.7 Å². The van der Waals surface area contributed by atoms with Crippen molar-refractivity contribution in [3.63, 3.8) is 0 Å². The second-order valence-corrected chi connectivity index (χ2v) is 7.77. The second kappa shape index (κ2) is 5.16. The largest absolute Gasteiger partial charge is 0.506 e. The first kappa shape index (κ1) is 14.4. The number of anilines is 1. The van der Waals surface area contributed by atoms with Crippen LogP contribution in [-0.4, -0.2) is 36.7 Å². The molecule has 4 rings (SSSR count). The van der Waals surface area contributed by atoms with Crippen LogP contribution in [0.3, 0.4) is 0 Å². The maximum absolute atomic E-state index is 10.4. The first-order chi connectivity index (χ1) is 10.6. The third-order valence-electron chi connectivity index (χ3n) is 6.68. The molecule has 2 N–H and O–H groups in total. The molecule has 1 aliphatic heterocycles. The van der Waals surface area contributed by atoms with Crippen LogP contribution in [0, 0.1) is 5.92 Å². The van der Waals surface area contributed by atoms with E-state index in [0.717, 1.165) is 18.0 Å². The molecule has 2 fully saturated rings. The highest BCUT2D eigenvalue weighted by molar-refractivity contribution is 5.61. The smallest absolute Gasteiger partial charge is 0.138 e. The molecule has 0 spiro atoms. The summed E-state index contributed by atoms with van der Waals surface area (Å²) in [6.45, 7) is 1.20. The summed E-state index contributed by atoms with van der Waals surface area (Å²) in [7, 11) is 4.21. The number of aromatic hydroxyl groups is 1. The minimum atomic E-state index is 0.305. The number of phenolic OH excluding ortho intramolecular Hbond substituents is 1. The lowest BCUT2D eigenvalue weighted by Crippen LogP contribution is -2.39. The molecule has 0 radical (unpaired) electrons. The summed E-state index contributed by atoms with van der Waals surface area (Å²) in [5.41, 5.74) is 4.12. The SMILES string of the molecule is CNc1cc2c(cc1O)[C@@]13CCCC[C@@H](C1)[C@H](C2)N(C)CC3. The summed E-state index contributed by atoms with van der Waals surface area (Å²) in [4.78, 5) is 2.62. The van der Waals surface area contributed by atoms with Gasteiger partial charge >= 0.3 is 0 Å². The van der Waals surface area contributed by atoms with Crippen LogP contribution in [0.15, 0.2) is 12.1 Å². The number of likely N-dealkylation sites (tertiary alicyclic amines) is 1. The molecule has 1 heterocycles. The number of rotatable bonds is 1. The highest BCUT2D eigenvalue weighted by Gasteiger charge is 2.46. The number of likely N-dealkylation sites (N-methyl/N-ethyl adjacent to an activating group) is 1. The quantitative estimate of drug-likeness (QED) is 0.779. The number of phenols is 1. The van der Waals surface area contributed by atoms with Crippen LogP contribution < -0.4 is 5.32 Å². The van der Waals surface area contributed by atoms with E-state index >= 15 is 0 Å². The lowest BCUT2D eigenvalue weighted by Gasteiger charge is -2.36. The minimum Gasteiger partial charge on any atom is -0.506 e. The number of hydrogen-bond donors (Lipinski definition) is 2. The Bertz CT molecular complexity index is 585. The van der Waals surface area contributed by atoms with Crippen molar-refractivity contribution in [3.8, 4) is 5.75 Å². The van der Waals surface area contributed by atoms with Crippen LogP contribution in [0.25, 0.3) is 0 Å². The normalized spacial score (nSPS) is 34.5. The zero-order valence-corrected chi connectivity index (χ0v) is 13.9. The van der Waals surface area contributed by atoms with Gasteiger partial charge in [-0.15, -0.1) is 0 Å². The molecule has 22 heavy (non-hydrogen) atoms. The van der Waals surface area contributed by atoms with E-state index in [0.29, 0.717) is 17.2 Å². The molecule has 0 amide bonds. The van der Waals surface area contributed by atoms with Crippen molar-refractivity contribution in [3.05, 3.63) is 23.3 Å². The lowest BCUT2D eigenvalue weighted by molar-refractivity contribution is 0.181. The highest BCUT2D eigenvalue weighted by Crippen LogP contribution is 2.52. The van der Waals surface area contributed by atoms with Gasteiger partial charge in [0, 0.05) is 13.1 Å². The van der Waals surface area contributed by atoms with Crippen molar-refractivity contribution >= 4 is 5.69 Å². The van der Waals surface area contributed by atoms with Crippen molar-refractivity contribution in [2.45, 2.75) is 56.4 Å². The second-order valence-electron chi connectivity index (χ2n) is 7.77. The summed E-state index contributed by atoms with van der Waals surface area (Å²) in [5, 5.41) is 13.5. The van der Waals surface area contributed by atoms with Gasteiger partial charge in [-0.25, -0.2) is 0 Å². The van der Waals surface area contributed by atoms with Crippen LogP contribution in [0.5, 0.6) is 5.75 Å². The van der Waals surface area contributed by atoms with Crippen LogP contribution >= 0.6 is 0 Å². The lowest BCUT2D eigenvalue weighted by atomic mass is 9.70. The van der Waals surface area contributed by atoms with E-state index in [2.05, 4.69) is 29.4 Å². The van der Waals surface area contributed by atoms with Gasteiger partial charge in [0.05, 0.1) is 5.69 Å². The van der Waals surface area contributed by atoms with E-state index in [9.17, 15) is 5.11 Å². The summed E-state index contributed by atoms with van der Waals surface area (Å²) in [6.07, 6.45) is 9.14. The number of hydrogen-bond acceptors (Lipinski definition) is 3. The van der Waals surface area contributed by atoms with Gasteiger partial charge in [0.15, 0.2) is 0 Å². The average Bonchev–Trinajstić information content (AvgIpc) is 2.86. The van der Waals surface area contributed by atoms with Crippen molar-refractivity contribution in [1.82, 2.24) is 4.90 Å². The fourth-order valence-corrected chi connectivity index (χ4v) is 5.47. The van der Waals surface area contributed by atoms with E-state index in [-0.39, 0.29) is 0 Å². The fraction of sp³-hybridized carbons (Fsp3) is 0.684. The third-order valence-corrected chi connectivity index (χ3v) is 6.68. The minimum absolute atomic E-state index is 0.305. The highest BCUT2D eigenvalue weighted by atomic mass is 16.3. The molecule has 120 valence electrons. The van der Waals surface area contributed by atoms with Crippen molar-refractivity contribution in [2.75, 3.05) is 26.0 Å². The Morgan fingerprint density at radius 1 is 1.27 bits per heavy atom. The Kier molecular flexibility index (Phi) is 3.37. The van der Waals surface area contributed by atoms with Crippen LogP contribution in [0.4, 0.5) is 5.69 Å². The van der Waals surface area contributed by atoms with E-state index in [1.165, 1.54) is 56.2 Å². The Labute approximate surface area is 133 Å². The van der Waals surface area contributed by atoms with E-state index in [4.69, 9.17) is 0 Å². The maximum Gasteiger partial charge on any atom is 0.138 e. The fourth-order valence-electron chi connectivity index (χ4n) is 5.47. The monoisotopic (exact) mass is 300 g/mol. The molecule has 3 atom stereocenters. The Balaban J connectivity index is 1.91. The maximum atomic E-state index is 10.4. The molecule has 0 aromatic heterocycles. The van der Waals surface area contributed by atoms with Gasteiger partial charge in [0.2, 0.25) is 0 Å². The van der Waals surface area contributed by atoms with Crippen molar-refractivity contribution in [1.29, 1.82) is 0 Å². The zero-order chi connectivity index (χ0) is 15.3. The predicted molar refractivity (Wildman–Crippen MR) is 90.6 cm³/mol. The molecular formula is C19H28N2O. The standard InChI is InChI=1S/C19H28N2O/c1-20-16-9-14-10-17-13-5-3-4-6-19(12-13,7-8-21(17)2)15(14)11-18(16)22/h9,11,13,17,20,22H,3-8,10,12H2,1-2H3/t13-,17-,19+/m0/s1. The summed E-state index contributed by atoms with van der Waals surface area (Å²) >= 11 is 0. The van der Waals surface area contributed by atoms with E-state index < -0.39 is 0 Å². The van der Waals surface area contributed by atoms with E-state index in [1.54, 1.807) is 0 Å². The Morgan fingerprint density at radius 3 is 2.95 bits per heavy atom. The van der Waals surface area contributed by atoms with Crippen LogP contribution in [0.2, 0.25) is 0 Å². The number of nitrogens with one attached hydrogen (secondary N) is 1. The first-order valence-corrected chi connectivity index (χ1v) is 8.87. The zero-order valence-electron chi connectivity index (χ0n) is 13.9. The van der Waals surface area contributed by atoms with Crippen molar-refractivity contribution in [2.24, 2.45) is 5.92 Å². The summed E-state index contributed by atoms with van der Waals surface area (Å²) in [5.74, 6) is 1.25. The molecule has 0 unspecified atom stereocenters. The third kappa shape index (κ3) is 2.05.